The van der Waals surface area contributed by atoms with Gasteiger partial charge in [-0.05, 0) is 37.0 Å². The van der Waals surface area contributed by atoms with E-state index in [0.29, 0.717) is 39.5 Å². The number of fused-ring (bicyclic) bond motifs is 3. The summed E-state index contributed by atoms with van der Waals surface area (Å²) in [7, 11) is 0. The lowest BCUT2D eigenvalue weighted by Crippen LogP contribution is -2.32. The summed E-state index contributed by atoms with van der Waals surface area (Å²) in [6.07, 6.45) is 4.24. The fraction of sp³-hybridized carbons (Fsp3) is 0.370. The minimum absolute atomic E-state index is 0.0196. The van der Waals surface area contributed by atoms with Crippen LogP contribution < -0.4 is 10.9 Å². The molecule has 1 fully saturated rings. The molecule has 0 saturated heterocycles. The molecule has 1 amide bonds. The van der Waals surface area contributed by atoms with Gasteiger partial charge in [0.15, 0.2) is 10.9 Å². The van der Waals surface area contributed by atoms with Crippen molar-refractivity contribution in [2.45, 2.75) is 57.3 Å². The lowest BCUT2D eigenvalue weighted by molar-refractivity contribution is 0.0937. The van der Waals surface area contributed by atoms with E-state index in [9.17, 15) is 14.4 Å². The SMILES string of the molecule is CC(C)Cn1c(=O)c2ccc(C(=O)NC3CCCC3)cc2n2c(SCC(=O)c3ccccc3)nnc12. The number of aromatic nitrogens is 4. The molecule has 0 unspecified atom stereocenters. The van der Waals surface area contributed by atoms with Crippen LogP contribution in [0.4, 0.5) is 0 Å². The topological polar surface area (TPSA) is 98.4 Å². The smallest absolute Gasteiger partial charge is 0.262 e. The predicted octanol–water partition coefficient (Wildman–Crippen LogP) is 4.35. The van der Waals surface area contributed by atoms with E-state index >= 15 is 0 Å². The summed E-state index contributed by atoms with van der Waals surface area (Å²) < 4.78 is 3.43. The van der Waals surface area contributed by atoms with Crippen LogP contribution in [0.2, 0.25) is 0 Å². The molecule has 9 heteroatoms. The number of nitrogens with one attached hydrogen (secondary N) is 1. The Hall–Kier alpha value is -3.46. The molecule has 1 aliphatic rings. The Balaban J connectivity index is 1.57. The fourth-order valence-corrected chi connectivity index (χ4v) is 5.56. The highest BCUT2D eigenvalue weighted by Crippen LogP contribution is 2.24. The van der Waals surface area contributed by atoms with Gasteiger partial charge in [-0.25, -0.2) is 0 Å². The maximum Gasteiger partial charge on any atom is 0.262 e. The molecular formula is C27H29N5O3S. The molecule has 0 bridgehead atoms. The molecule has 0 radical (unpaired) electrons. The van der Waals surface area contributed by atoms with E-state index in [1.54, 1.807) is 39.3 Å². The number of carbonyl (C=O) groups is 2. The van der Waals surface area contributed by atoms with Crippen LogP contribution >= 0.6 is 11.8 Å². The van der Waals surface area contributed by atoms with Crippen molar-refractivity contribution < 1.29 is 9.59 Å². The summed E-state index contributed by atoms with van der Waals surface area (Å²) in [5, 5.41) is 12.8. The van der Waals surface area contributed by atoms with Crippen LogP contribution in [-0.4, -0.2) is 42.7 Å². The summed E-state index contributed by atoms with van der Waals surface area (Å²) in [4.78, 5) is 39.1. The van der Waals surface area contributed by atoms with E-state index in [1.807, 2.05) is 32.0 Å². The minimum Gasteiger partial charge on any atom is -0.349 e. The first-order valence-corrected chi connectivity index (χ1v) is 13.3. The third-order valence-electron chi connectivity index (χ3n) is 6.50. The normalized spacial score (nSPS) is 14.2. The molecule has 0 aliphatic heterocycles. The fourth-order valence-electron chi connectivity index (χ4n) is 4.72. The first-order valence-electron chi connectivity index (χ1n) is 12.4. The average molecular weight is 504 g/mol. The van der Waals surface area contributed by atoms with E-state index in [1.165, 1.54) is 11.8 Å². The number of Topliss-reactive ketones (excluding diaryl/α,β-unsaturated/α-hetero) is 1. The Morgan fingerprint density at radius 1 is 1.06 bits per heavy atom. The number of ketones is 1. The zero-order valence-corrected chi connectivity index (χ0v) is 21.3. The maximum absolute atomic E-state index is 13.4. The van der Waals surface area contributed by atoms with Crippen LogP contribution in [-0.2, 0) is 6.54 Å². The van der Waals surface area contributed by atoms with E-state index in [0.717, 1.165) is 25.7 Å². The first kappa shape index (κ1) is 24.2. The molecule has 186 valence electrons. The summed E-state index contributed by atoms with van der Waals surface area (Å²) in [5.41, 5.74) is 1.51. The van der Waals surface area contributed by atoms with Crippen molar-refractivity contribution in [1.29, 1.82) is 0 Å². The zero-order valence-electron chi connectivity index (χ0n) is 20.4. The van der Waals surface area contributed by atoms with Crippen molar-refractivity contribution >= 4 is 40.1 Å². The molecule has 4 aromatic rings. The number of nitrogens with zero attached hydrogens (tertiary/aromatic N) is 4. The zero-order chi connectivity index (χ0) is 25.2. The van der Waals surface area contributed by atoms with Crippen molar-refractivity contribution in [2.75, 3.05) is 5.75 Å². The molecular weight excluding hydrogens is 474 g/mol. The molecule has 0 spiro atoms. The second-order valence-corrected chi connectivity index (χ2v) is 10.6. The van der Waals surface area contributed by atoms with E-state index < -0.39 is 0 Å². The van der Waals surface area contributed by atoms with Gasteiger partial charge in [0.05, 0.1) is 16.7 Å². The molecule has 1 aliphatic carbocycles. The molecule has 1 N–H and O–H groups in total. The summed E-state index contributed by atoms with van der Waals surface area (Å²) >= 11 is 1.27. The summed E-state index contributed by atoms with van der Waals surface area (Å²) in [6, 6.07) is 14.5. The second kappa shape index (κ2) is 10.3. The standard InChI is InChI=1S/C27H29N5O3S/c1-17(2)15-31-25(35)21-13-12-19(24(34)28-20-10-6-7-11-20)14-22(21)32-26(31)29-30-27(32)36-16-23(33)18-8-4-3-5-9-18/h3-5,8-9,12-14,17,20H,6-7,10-11,15-16H2,1-2H3,(H,28,34). The minimum atomic E-state index is -0.168. The number of rotatable bonds is 8. The van der Waals surface area contributed by atoms with Gasteiger partial charge in [-0.3, -0.25) is 23.4 Å². The maximum atomic E-state index is 13.4. The lowest BCUT2D eigenvalue weighted by atomic mass is 10.1. The monoisotopic (exact) mass is 503 g/mol. The van der Waals surface area contributed by atoms with Gasteiger partial charge in [0.1, 0.15) is 0 Å². The highest BCUT2D eigenvalue weighted by Gasteiger charge is 2.22. The Morgan fingerprint density at radius 3 is 2.53 bits per heavy atom. The number of amides is 1. The van der Waals surface area contributed by atoms with E-state index in [-0.39, 0.29) is 35.0 Å². The molecule has 8 nitrogen and oxygen atoms in total. The van der Waals surface area contributed by atoms with E-state index in [4.69, 9.17) is 0 Å². The van der Waals surface area contributed by atoms with Crippen LogP contribution in [0.25, 0.3) is 16.7 Å². The molecule has 5 rings (SSSR count). The van der Waals surface area contributed by atoms with Crippen molar-refractivity contribution in [3.63, 3.8) is 0 Å². The second-order valence-electron chi connectivity index (χ2n) is 9.69. The van der Waals surface area contributed by atoms with Crippen molar-refractivity contribution in [3.05, 3.63) is 70.0 Å². The van der Waals surface area contributed by atoms with Gasteiger partial charge < -0.3 is 5.32 Å². The Morgan fingerprint density at radius 2 is 1.81 bits per heavy atom. The van der Waals surface area contributed by atoms with Crippen LogP contribution in [0.15, 0.2) is 58.5 Å². The average Bonchev–Trinajstić information content (AvgIpc) is 3.55. The van der Waals surface area contributed by atoms with Gasteiger partial charge >= 0.3 is 0 Å². The molecule has 1 saturated carbocycles. The van der Waals surface area contributed by atoms with Crippen molar-refractivity contribution in [3.8, 4) is 0 Å². The predicted molar refractivity (Wildman–Crippen MR) is 141 cm³/mol. The summed E-state index contributed by atoms with van der Waals surface area (Å²) in [5.74, 6) is 0.632. The van der Waals surface area contributed by atoms with Crippen LogP contribution in [0.5, 0.6) is 0 Å². The van der Waals surface area contributed by atoms with Gasteiger partial charge in [0.2, 0.25) is 5.78 Å². The number of hydrogen-bond acceptors (Lipinski definition) is 6. The molecule has 2 aromatic heterocycles. The van der Waals surface area contributed by atoms with E-state index in [2.05, 4.69) is 15.5 Å². The Bertz CT molecular complexity index is 1490. The Labute approximate surface area is 213 Å². The van der Waals surface area contributed by atoms with Gasteiger partial charge in [-0.2, -0.15) is 0 Å². The quantitative estimate of drug-likeness (QED) is 0.284. The largest absolute Gasteiger partial charge is 0.349 e. The van der Waals surface area contributed by atoms with Crippen molar-refractivity contribution in [1.82, 2.24) is 24.5 Å². The van der Waals surface area contributed by atoms with Gasteiger partial charge in [0, 0.05) is 23.7 Å². The Kier molecular flexibility index (Phi) is 6.91. The molecule has 36 heavy (non-hydrogen) atoms. The van der Waals surface area contributed by atoms with Gasteiger partial charge in [0.25, 0.3) is 11.5 Å². The molecule has 0 atom stereocenters. The van der Waals surface area contributed by atoms with Gasteiger partial charge in [-0.1, -0.05) is 68.8 Å². The molecule has 2 heterocycles. The number of hydrogen-bond donors (Lipinski definition) is 1. The summed E-state index contributed by atoms with van der Waals surface area (Å²) in [6.45, 7) is 4.55. The third kappa shape index (κ3) is 4.80. The lowest BCUT2D eigenvalue weighted by Gasteiger charge is -2.15. The third-order valence-corrected chi connectivity index (χ3v) is 7.43. The number of thioether (sulfide) groups is 1. The van der Waals surface area contributed by atoms with Crippen LogP contribution in [0, 0.1) is 5.92 Å². The van der Waals surface area contributed by atoms with Crippen molar-refractivity contribution in [2.24, 2.45) is 5.92 Å². The number of carbonyl (C=O) groups excluding carboxylic acids is 2. The number of benzene rings is 2. The highest BCUT2D eigenvalue weighted by molar-refractivity contribution is 7.99. The first-order chi connectivity index (χ1) is 17.4. The highest BCUT2D eigenvalue weighted by atomic mass is 32.2. The van der Waals surface area contributed by atoms with Crippen LogP contribution in [0.1, 0.15) is 60.2 Å². The molecule has 2 aromatic carbocycles. The van der Waals surface area contributed by atoms with Gasteiger partial charge in [-0.15, -0.1) is 10.2 Å². The van der Waals surface area contributed by atoms with Crippen LogP contribution in [0.3, 0.4) is 0 Å².